The third-order valence-corrected chi connectivity index (χ3v) is 3.56. The first-order valence-corrected chi connectivity index (χ1v) is 6.08. The molecule has 4 nitrogen and oxygen atoms in total. The van der Waals surface area contributed by atoms with Crippen LogP contribution < -0.4 is 0 Å². The van der Waals surface area contributed by atoms with Gasteiger partial charge in [0.1, 0.15) is 0 Å². The van der Waals surface area contributed by atoms with Gasteiger partial charge in [-0.2, -0.15) is 0 Å². The van der Waals surface area contributed by atoms with Crippen molar-refractivity contribution in [2.75, 3.05) is 0 Å². The van der Waals surface area contributed by atoms with Crippen LogP contribution in [-0.4, -0.2) is 20.2 Å². The Labute approximate surface area is 95.0 Å². The smallest absolute Gasteiger partial charge is 0.166 e. The average Bonchev–Trinajstić information content (AvgIpc) is 2.65. The second-order valence-corrected chi connectivity index (χ2v) is 5.02. The predicted octanol–water partition coefficient (Wildman–Crippen LogP) is 2.38. The van der Waals surface area contributed by atoms with E-state index in [1.54, 1.807) is 0 Å². The van der Waals surface area contributed by atoms with Crippen molar-refractivity contribution in [2.24, 2.45) is 5.41 Å². The Morgan fingerprint density at radius 1 is 1.33 bits per heavy atom. The van der Waals surface area contributed by atoms with E-state index in [0.717, 1.165) is 12.4 Å². The Bertz CT molecular complexity index is 317. The minimum absolute atomic E-state index is 0.356. The molecule has 0 bridgehead atoms. The van der Waals surface area contributed by atoms with Gasteiger partial charge in [-0.15, -0.1) is 16.7 Å². The van der Waals surface area contributed by atoms with E-state index in [9.17, 15) is 0 Å². The van der Waals surface area contributed by atoms with Crippen LogP contribution in [0.1, 0.15) is 44.9 Å². The number of nitrogens with zero attached hydrogens (tertiary/aromatic N) is 4. The molecule has 0 radical (unpaired) electrons. The minimum atomic E-state index is 0.356. The van der Waals surface area contributed by atoms with Crippen LogP contribution in [0.15, 0.2) is 0 Å². The molecule has 15 heavy (non-hydrogen) atoms. The molecular formula is C10H17ClN4. The number of aromatic nitrogens is 4. The standard InChI is InChI=1S/C10H17ClN4/c1-10(5-3-2-4-6-10)8-15-9(7-11)12-13-14-15/h2-8H2,1H3. The molecule has 1 fully saturated rings. The lowest BCUT2D eigenvalue weighted by Gasteiger charge is -2.33. The molecule has 0 N–H and O–H groups in total. The zero-order valence-electron chi connectivity index (χ0n) is 9.12. The fourth-order valence-corrected chi connectivity index (χ4v) is 2.56. The van der Waals surface area contributed by atoms with Crippen molar-refractivity contribution in [1.82, 2.24) is 20.2 Å². The van der Waals surface area contributed by atoms with Crippen LogP contribution in [-0.2, 0) is 12.4 Å². The Balaban J connectivity index is 2.06. The summed E-state index contributed by atoms with van der Waals surface area (Å²) >= 11 is 5.77. The van der Waals surface area contributed by atoms with Gasteiger partial charge in [-0.3, -0.25) is 0 Å². The van der Waals surface area contributed by atoms with Gasteiger partial charge in [0, 0.05) is 0 Å². The lowest BCUT2D eigenvalue weighted by atomic mass is 9.76. The first-order chi connectivity index (χ1) is 7.23. The molecule has 0 saturated heterocycles. The normalized spacial score (nSPS) is 20.4. The van der Waals surface area contributed by atoms with Gasteiger partial charge in [-0.25, -0.2) is 4.68 Å². The lowest BCUT2D eigenvalue weighted by molar-refractivity contribution is 0.173. The third-order valence-electron chi connectivity index (χ3n) is 3.32. The molecule has 1 aliphatic carbocycles. The third kappa shape index (κ3) is 2.48. The van der Waals surface area contributed by atoms with E-state index in [1.165, 1.54) is 32.1 Å². The van der Waals surface area contributed by atoms with Crippen molar-refractivity contribution >= 4 is 11.6 Å². The van der Waals surface area contributed by atoms with E-state index < -0.39 is 0 Å². The van der Waals surface area contributed by atoms with Crippen LogP contribution in [0.4, 0.5) is 0 Å². The highest BCUT2D eigenvalue weighted by Crippen LogP contribution is 2.37. The Kier molecular flexibility index (Phi) is 3.24. The summed E-state index contributed by atoms with van der Waals surface area (Å²) in [6.45, 7) is 3.23. The van der Waals surface area contributed by atoms with E-state index in [2.05, 4.69) is 22.4 Å². The maximum atomic E-state index is 5.77. The summed E-state index contributed by atoms with van der Waals surface area (Å²) in [7, 11) is 0. The summed E-state index contributed by atoms with van der Waals surface area (Å²) in [4.78, 5) is 0. The van der Waals surface area contributed by atoms with Crippen molar-refractivity contribution in [2.45, 2.75) is 51.5 Å². The molecule has 1 aromatic heterocycles. The lowest BCUT2D eigenvalue weighted by Crippen LogP contribution is -2.27. The fraction of sp³-hybridized carbons (Fsp3) is 0.900. The number of hydrogen-bond acceptors (Lipinski definition) is 3. The first kappa shape index (κ1) is 10.9. The fourth-order valence-electron chi connectivity index (χ4n) is 2.37. The van der Waals surface area contributed by atoms with Crippen molar-refractivity contribution in [3.8, 4) is 0 Å². The van der Waals surface area contributed by atoms with Gasteiger partial charge in [0.05, 0.1) is 12.4 Å². The van der Waals surface area contributed by atoms with Gasteiger partial charge < -0.3 is 0 Å². The summed E-state index contributed by atoms with van der Waals surface area (Å²) in [5, 5.41) is 11.6. The minimum Gasteiger partial charge on any atom is -0.228 e. The van der Waals surface area contributed by atoms with Crippen LogP contribution in [0.2, 0.25) is 0 Å². The maximum absolute atomic E-state index is 5.77. The molecule has 84 valence electrons. The predicted molar refractivity (Wildman–Crippen MR) is 58.6 cm³/mol. The Hall–Kier alpha value is -0.640. The summed E-state index contributed by atoms with van der Waals surface area (Å²) in [6.07, 6.45) is 6.57. The molecule has 1 aliphatic rings. The Morgan fingerprint density at radius 3 is 2.73 bits per heavy atom. The van der Waals surface area contributed by atoms with Gasteiger partial charge >= 0.3 is 0 Å². The topological polar surface area (TPSA) is 43.6 Å². The maximum Gasteiger partial charge on any atom is 0.166 e. The second-order valence-electron chi connectivity index (χ2n) is 4.76. The molecule has 2 rings (SSSR count). The summed E-state index contributed by atoms with van der Waals surface area (Å²) in [5.74, 6) is 1.17. The van der Waals surface area contributed by atoms with Gasteiger partial charge in [0.2, 0.25) is 0 Å². The van der Waals surface area contributed by atoms with Crippen LogP contribution in [0.25, 0.3) is 0 Å². The first-order valence-electron chi connectivity index (χ1n) is 5.54. The Morgan fingerprint density at radius 2 is 2.07 bits per heavy atom. The van der Waals surface area contributed by atoms with Crippen LogP contribution in [0.3, 0.4) is 0 Å². The highest BCUT2D eigenvalue weighted by Gasteiger charge is 2.28. The van der Waals surface area contributed by atoms with Crippen molar-refractivity contribution in [3.63, 3.8) is 0 Å². The summed E-state index contributed by atoms with van der Waals surface area (Å²) < 4.78 is 1.86. The number of hydrogen-bond donors (Lipinski definition) is 0. The van der Waals surface area contributed by atoms with Crippen molar-refractivity contribution in [1.29, 1.82) is 0 Å². The van der Waals surface area contributed by atoms with E-state index in [0.29, 0.717) is 11.3 Å². The van der Waals surface area contributed by atoms with Gasteiger partial charge in [0.15, 0.2) is 5.82 Å². The highest BCUT2D eigenvalue weighted by atomic mass is 35.5. The van der Waals surface area contributed by atoms with Gasteiger partial charge in [-0.05, 0) is 28.7 Å². The summed E-state index contributed by atoms with van der Waals surface area (Å²) in [6, 6.07) is 0. The molecule has 0 amide bonds. The molecule has 5 heteroatoms. The quantitative estimate of drug-likeness (QED) is 0.747. The van der Waals surface area contributed by atoms with E-state index in [-0.39, 0.29) is 0 Å². The summed E-state index contributed by atoms with van der Waals surface area (Å²) in [5.41, 5.74) is 0.356. The molecule has 0 atom stereocenters. The largest absolute Gasteiger partial charge is 0.228 e. The van der Waals surface area contributed by atoms with Crippen LogP contribution in [0.5, 0.6) is 0 Å². The second kappa shape index (κ2) is 4.47. The SMILES string of the molecule is CC1(Cn2nnnc2CCl)CCCCC1. The van der Waals surface area contributed by atoms with Gasteiger partial charge in [-0.1, -0.05) is 26.2 Å². The number of tetrazole rings is 1. The number of alkyl halides is 1. The highest BCUT2D eigenvalue weighted by molar-refractivity contribution is 6.16. The van der Waals surface area contributed by atoms with Crippen LogP contribution >= 0.6 is 11.6 Å². The van der Waals surface area contributed by atoms with Crippen molar-refractivity contribution < 1.29 is 0 Å². The van der Waals surface area contributed by atoms with E-state index >= 15 is 0 Å². The molecule has 1 aromatic rings. The average molecular weight is 229 g/mol. The van der Waals surface area contributed by atoms with Crippen molar-refractivity contribution in [3.05, 3.63) is 5.82 Å². The molecule has 0 aromatic carbocycles. The molecule has 0 spiro atoms. The molecule has 1 saturated carbocycles. The number of rotatable bonds is 3. The van der Waals surface area contributed by atoms with Crippen LogP contribution in [0, 0.1) is 5.41 Å². The monoisotopic (exact) mass is 228 g/mol. The number of halogens is 1. The van der Waals surface area contributed by atoms with E-state index in [4.69, 9.17) is 11.6 Å². The zero-order chi connectivity index (χ0) is 10.7. The molecule has 1 heterocycles. The molecular weight excluding hydrogens is 212 g/mol. The van der Waals surface area contributed by atoms with Gasteiger partial charge in [0.25, 0.3) is 0 Å². The zero-order valence-corrected chi connectivity index (χ0v) is 9.87. The molecule has 0 unspecified atom stereocenters. The van der Waals surface area contributed by atoms with E-state index in [1.807, 2.05) is 4.68 Å². The molecule has 0 aliphatic heterocycles.